The molecule has 3 rings (SSSR count). The highest BCUT2D eigenvalue weighted by Crippen LogP contribution is 2.38. The number of ether oxygens (including phenoxy) is 1. The van der Waals surface area contributed by atoms with Crippen LogP contribution < -0.4 is 15.4 Å². The summed E-state index contributed by atoms with van der Waals surface area (Å²) in [5.41, 5.74) is 0.610. The molecule has 2 fully saturated rings. The van der Waals surface area contributed by atoms with E-state index in [4.69, 9.17) is 16.3 Å². The van der Waals surface area contributed by atoms with E-state index in [1.165, 1.54) is 12.8 Å². The summed E-state index contributed by atoms with van der Waals surface area (Å²) >= 11 is 6.12. The van der Waals surface area contributed by atoms with Gasteiger partial charge in [-0.3, -0.25) is 4.79 Å². The van der Waals surface area contributed by atoms with E-state index in [2.05, 4.69) is 10.6 Å². The Bertz CT molecular complexity index is 521. The van der Waals surface area contributed by atoms with Crippen molar-refractivity contribution >= 4 is 23.2 Å². The Kier molecular flexibility index (Phi) is 3.85. The minimum Gasteiger partial charge on any atom is -0.497 e. The average molecular weight is 295 g/mol. The van der Waals surface area contributed by atoms with Crippen molar-refractivity contribution in [3.05, 3.63) is 23.2 Å². The van der Waals surface area contributed by atoms with Crippen LogP contribution in [0.5, 0.6) is 5.75 Å². The quantitative estimate of drug-likeness (QED) is 0.901. The molecule has 0 spiro atoms. The van der Waals surface area contributed by atoms with Crippen molar-refractivity contribution in [1.82, 2.24) is 5.32 Å². The predicted octanol–water partition coefficient (Wildman–Crippen LogP) is 2.68. The molecule has 0 aromatic heterocycles. The fourth-order valence-corrected chi connectivity index (χ4v) is 3.58. The van der Waals surface area contributed by atoms with Crippen LogP contribution in [0.1, 0.15) is 19.3 Å². The molecular weight excluding hydrogens is 276 g/mol. The van der Waals surface area contributed by atoms with Gasteiger partial charge in [0.1, 0.15) is 5.75 Å². The highest BCUT2D eigenvalue weighted by atomic mass is 35.5. The molecule has 0 bridgehead atoms. The molecule has 2 aliphatic rings. The fraction of sp³-hybridized carbons (Fsp3) is 0.533. The number of carbonyl (C=O) groups is 1. The number of nitrogens with one attached hydrogen (secondary N) is 2. The molecule has 0 radical (unpaired) electrons. The number of amides is 1. The second-order valence-electron chi connectivity index (χ2n) is 5.58. The maximum absolute atomic E-state index is 12.4. The molecule has 1 aromatic carbocycles. The number of halogens is 1. The molecule has 2 N–H and O–H groups in total. The van der Waals surface area contributed by atoms with Crippen LogP contribution in [-0.2, 0) is 4.79 Å². The van der Waals surface area contributed by atoms with E-state index in [9.17, 15) is 4.79 Å². The Morgan fingerprint density at radius 3 is 3.10 bits per heavy atom. The maximum Gasteiger partial charge on any atom is 0.241 e. The Morgan fingerprint density at radius 2 is 2.30 bits per heavy atom. The van der Waals surface area contributed by atoms with Crippen molar-refractivity contribution in [1.29, 1.82) is 0 Å². The van der Waals surface area contributed by atoms with E-state index in [-0.39, 0.29) is 11.9 Å². The van der Waals surface area contributed by atoms with E-state index in [1.54, 1.807) is 25.3 Å². The van der Waals surface area contributed by atoms with Crippen LogP contribution in [0.25, 0.3) is 0 Å². The lowest BCUT2D eigenvalue weighted by atomic mass is 9.93. The standard InChI is InChI=1S/C15H19ClN2O2/c1-20-10-5-6-12(16)13(7-10)18-15(19)14-11-4-2-3-9(11)8-17-14/h5-7,9,11,14,17H,2-4,8H2,1H3,(H,18,19). The van der Waals surface area contributed by atoms with Crippen LogP contribution in [-0.4, -0.2) is 25.6 Å². The normalized spacial score (nSPS) is 28.2. The molecular formula is C15H19ClN2O2. The van der Waals surface area contributed by atoms with E-state index >= 15 is 0 Å². The Balaban J connectivity index is 1.73. The van der Waals surface area contributed by atoms with Crippen molar-refractivity contribution in [2.45, 2.75) is 25.3 Å². The average Bonchev–Trinajstić information content (AvgIpc) is 3.03. The number of rotatable bonds is 3. The zero-order valence-corrected chi connectivity index (χ0v) is 12.2. The molecule has 5 heteroatoms. The lowest BCUT2D eigenvalue weighted by Gasteiger charge is -2.18. The molecule has 1 heterocycles. The molecule has 20 heavy (non-hydrogen) atoms. The molecule has 1 saturated carbocycles. The Labute approximate surface area is 123 Å². The summed E-state index contributed by atoms with van der Waals surface area (Å²) in [7, 11) is 1.59. The van der Waals surface area contributed by atoms with Gasteiger partial charge in [-0.1, -0.05) is 18.0 Å². The van der Waals surface area contributed by atoms with Crippen LogP contribution in [0, 0.1) is 11.8 Å². The van der Waals surface area contributed by atoms with Crippen molar-refractivity contribution in [2.24, 2.45) is 11.8 Å². The maximum atomic E-state index is 12.4. The Hall–Kier alpha value is -1.26. The van der Waals surface area contributed by atoms with Gasteiger partial charge in [0, 0.05) is 6.07 Å². The van der Waals surface area contributed by atoms with Gasteiger partial charge in [-0.05, 0) is 43.4 Å². The van der Waals surface area contributed by atoms with Crippen molar-refractivity contribution in [2.75, 3.05) is 19.0 Å². The lowest BCUT2D eigenvalue weighted by Crippen LogP contribution is -2.39. The Morgan fingerprint density at radius 1 is 1.45 bits per heavy atom. The van der Waals surface area contributed by atoms with Gasteiger partial charge in [-0.25, -0.2) is 0 Å². The largest absolute Gasteiger partial charge is 0.497 e. The third kappa shape index (κ3) is 2.50. The van der Waals surface area contributed by atoms with Crippen LogP contribution in [0.3, 0.4) is 0 Å². The molecule has 3 unspecified atom stereocenters. The van der Waals surface area contributed by atoms with Gasteiger partial charge in [0.15, 0.2) is 0 Å². The SMILES string of the molecule is COc1ccc(Cl)c(NC(=O)C2NCC3CCCC32)c1. The van der Waals surface area contributed by atoms with Crippen molar-refractivity contribution in [3.63, 3.8) is 0 Å². The molecule has 1 aliphatic carbocycles. The van der Waals surface area contributed by atoms with E-state index in [0.717, 1.165) is 13.0 Å². The van der Waals surface area contributed by atoms with Gasteiger partial charge in [0.25, 0.3) is 0 Å². The molecule has 108 valence electrons. The van der Waals surface area contributed by atoms with Gasteiger partial charge in [-0.2, -0.15) is 0 Å². The molecule has 1 saturated heterocycles. The summed E-state index contributed by atoms with van der Waals surface area (Å²) in [5, 5.41) is 6.79. The first-order valence-corrected chi connectivity index (χ1v) is 7.44. The molecule has 1 aromatic rings. The smallest absolute Gasteiger partial charge is 0.241 e. The van der Waals surface area contributed by atoms with Crippen molar-refractivity contribution < 1.29 is 9.53 Å². The lowest BCUT2D eigenvalue weighted by molar-refractivity contribution is -0.118. The molecule has 1 amide bonds. The van der Waals surface area contributed by atoms with Crippen LogP contribution in [0.2, 0.25) is 5.02 Å². The summed E-state index contributed by atoms with van der Waals surface area (Å²) in [4.78, 5) is 12.4. The fourth-order valence-electron chi connectivity index (χ4n) is 3.41. The number of anilines is 1. The molecule has 3 atom stereocenters. The van der Waals surface area contributed by atoms with E-state index in [1.807, 2.05) is 0 Å². The second kappa shape index (κ2) is 5.62. The highest BCUT2D eigenvalue weighted by Gasteiger charge is 2.42. The minimum absolute atomic E-state index is 0.00885. The number of benzene rings is 1. The zero-order valence-electron chi connectivity index (χ0n) is 11.5. The zero-order chi connectivity index (χ0) is 14.1. The minimum atomic E-state index is -0.0928. The van der Waals surface area contributed by atoms with Crippen LogP contribution in [0.4, 0.5) is 5.69 Å². The van der Waals surface area contributed by atoms with Crippen LogP contribution >= 0.6 is 11.6 Å². The highest BCUT2D eigenvalue weighted by molar-refractivity contribution is 6.33. The van der Waals surface area contributed by atoms with Crippen LogP contribution in [0.15, 0.2) is 18.2 Å². The monoisotopic (exact) mass is 294 g/mol. The molecule has 1 aliphatic heterocycles. The third-order valence-electron chi connectivity index (χ3n) is 4.46. The topological polar surface area (TPSA) is 50.4 Å². The van der Waals surface area contributed by atoms with E-state index < -0.39 is 0 Å². The number of hydrogen-bond donors (Lipinski definition) is 2. The summed E-state index contributed by atoms with van der Waals surface area (Å²) in [6, 6.07) is 5.17. The summed E-state index contributed by atoms with van der Waals surface area (Å²) in [6.07, 6.45) is 3.61. The number of hydrogen-bond acceptors (Lipinski definition) is 3. The summed E-state index contributed by atoms with van der Waals surface area (Å²) in [5.74, 6) is 1.82. The number of carbonyl (C=O) groups excluding carboxylic acids is 1. The van der Waals surface area contributed by atoms with Crippen molar-refractivity contribution in [3.8, 4) is 5.75 Å². The van der Waals surface area contributed by atoms with Gasteiger partial charge in [-0.15, -0.1) is 0 Å². The number of fused-ring (bicyclic) bond motifs is 1. The van der Waals surface area contributed by atoms with Gasteiger partial charge in [0.2, 0.25) is 5.91 Å². The first kappa shape index (κ1) is 13.7. The predicted molar refractivity (Wildman–Crippen MR) is 79.3 cm³/mol. The first-order chi connectivity index (χ1) is 9.69. The van der Waals surface area contributed by atoms with Gasteiger partial charge in [0.05, 0.1) is 23.9 Å². The molecule has 4 nitrogen and oxygen atoms in total. The summed E-state index contributed by atoms with van der Waals surface area (Å²) in [6.45, 7) is 0.953. The number of methoxy groups -OCH3 is 1. The summed E-state index contributed by atoms with van der Waals surface area (Å²) < 4.78 is 5.16. The second-order valence-corrected chi connectivity index (χ2v) is 5.98. The van der Waals surface area contributed by atoms with Gasteiger partial charge < -0.3 is 15.4 Å². The van der Waals surface area contributed by atoms with E-state index in [0.29, 0.717) is 28.3 Å². The first-order valence-electron chi connectivity index (χ1n) is 7.07. The third-order valence-corrected chi connectivity index (χ3v) is 4.79. The van der Waals surface area contributed by atoms with Gasteiger partial charge >= 0.3 is 0 Å².